The lowest BCUT2D eigenvalue weighted by atomic mass is 9.88. The number of hydrogen-bond donors (Lipinski definition) is 1. The van der Waals surface area contributed by atoms with Gasteiger partial charge in [-0.3, -0.25) is 4.98 Å². The van der Waals surface area contributed by atoms with Crippen LogP contribution in [0.5, 0.6) is 0 Å². The summed E-state index contributed by atoms with van der Waals surface area (Å²) in [5, 5.41) is 0. The molecule has 88 valence electrons. The quantitative estimate of drug-likeness (QED) is 0.841. The largest absolute Gasteiger partial charge is 0.378 e. The molecule has 3 atom stereocenters. The van der Waals surface area contributed by atoms with E-state index in [9.17, 15) is 0 Å². The topological polar surface area (TPSA) is 48.1 Å². The smallest absolute Gasteiger partial charge is 0.0616 e. The first kappa shape index (κ1) is 11.6. The second kappa shape index (κ2) is 5.41. The average Bonchev–Trinajstić information content (AvgIpc) is 2.78. The van der Waals surface area contributed by atoms with Gasteiger partial charge in [-0.1, -0.05) is 6.92 Å². The standard InChI is InChI=1S/C13H20N2O/c1-2-13-11(5-8-16-13)12(14)9-10-3-6-15-7-4-10/h3-4,6-7,11-13H,2,5,8-9,14H2,1H3. The molecule has 3 heteroatoms. The van der Waals surface area contributed by atoms with Crippen LogP contribution in [-0.2, 0) is 11.2 Å². The van der Waals surface area contributed by atoms with E-state index in [1.807, 2.05) is 24.5 Å². The zero-order chi connectivity index (χ0) is 11.4. The summed E-state index contributed by atoms with van der Waals surface area (Å²) in [6.07, 6.45) is 7.10. The third kappa shape index (κ3) is 2.60. The van der Waals surface area contributed by atoms with E-state index in [2.05, 4.69) is 11.9 Å². The first-order valence-corrected chi connectivity index (χ1v) is 6.07. The minimum Gasteiger partial charge on any atom is -0.378 e. The molecule has 1 fully saturated rings. The molecule has 16 heavy (non-hydrogen) atoms. The minimum atomic E-state index is 0.204. The van der Waals surface area contributed by atoms with Gasteiger partial charge >= 0.3 is 0 Å². The Morgan fingerprint density at radius 2 is 2.25 bits per heavy atom. The molecule has 2 rings (SSSR count). The zero-order valence-electron chi connectivity index (χ0n) is 9.80. The van der Waals surface area contributed by atoms with Crippen LogP contribution in [0.3, 0.4) is 0 Å². The van der Waals surface area contributed by atoms with Gasteiger partial charge in [0.2, 0.25) is 0 Å². The van der Waals surface area contributed by atoms with Crippen LogP contribution in [0.4, 0.5) is 0 Å². The zero-order valence-corrected chi connectivity index (χ0v) is 9.80. The van der Waals surface area contributed by atoms with Crippen molar-refractivity contribution in [3.05, 3.63) is 30.1 Å². The lowest BCUT2D eigenvalue weighted by Gasteiger charge is -2.23. The van der Waals surface area contributed by atoms with Crippen LogP contribution < -0.4 is 5.73 Å². The van der Waals surface area contributed by atoms with Crippen molar-refractivity contribution >= 4 is 0 Å². The molecule has 1 aliphatic heterocycles. The van der Waals surface area contributed by atoms with Crippen molar-refractivity contribution in [2.24, 2.45) is 11.7 Å². The Kier molecular flexibility index (Phi) is 3.91. The monoisotopic (exact) mass is 220 g/mol. The highest BCUT2D eigenvalue weighted by Gasteiger charge is 2.31. The van der Waals surface area contributed by atoms with Crippen molar-refractivity contribution < 1.29 is 4.74 Å². The Labute approximate surface area is 97.0 Å². The molecular weight excluding hydrogens is 200 g/mol. The van der Waals surface area contributed by atoms with Crippen LogP contribution in [0, 0.1) is 5.92 Å². The lowest BCUT2D eigenvalue weighted by Crippen LogP contribution is -2.36. The van der Waals surface area contributed by atoms with Crippen LogP contribution in [0.15, 0.2) is 24.5 Å². The van der Waals surface area contributed by atoms with Gasteiger partial charge in [0, 0.05) is 31.0 Å². The van der Waals surface area contributed by atoms with Gasteiger partial charge in [-0.2, -0.15) is 0 Å². The Bertz CT molecular complexity index is 315. The van der Waals surface area contributed by atoms with Crippen LogP contribution in [0.2, 0.25) is 0 Å². The fourth-order valence-corrected chi connectivity index (χ4v) is 2.52. The lowest BCUT2D eigenvalue weighted by molar-refractivity contribution is 0.0814. The highest BCUT2D eigenvalue weighted by molar-refractivity contribution is 5.11. The number of rotatable bonds is 4. The molecule has 0 aromatic carbocycles. The number of nitrogens with two attached hydrogens (primary N) is 1. The predicted molar refractivity (Wildman–Crippen MR) is 64.1 cm³/mol. The molecule has 0 amide bonds. The molecular formula is C13H20N2O. The average molecular weight is 220 g/mol. The molecule has 1 aliphatic rings. The Morgan fingerprint density at radius 3 is 2.94 bits per heavy atom. The van der Waals surface area contributed by atoms with E-state index in [4.69, 9.17) is 10.5 Å². The summed E-state index contributed by atoms with van der Waals surface area (Å²) in [5.41, 5.74) is 7.54. The van der Waals surface area contributed by atoms with Gasteiger partial charge in [-0.05, 0) is 37.0 Å². The summed E-state index contributed by atoms with van der Waals surface area (Å²) < 4.78 is 5.68. The summed E-state index contributed by atoms with van der Waals surface area (Å²) >= 11 is 0. The molecule has 0 radical (unpaired) electrons. The van der Waals surface area contributed by atoms with Crippen LogP contribution in [0.1, 0.15) is 25.3 Å². The maximum Gasteiger partial charge on any atom is 0.0616 e. The van der Waals surface area contributed by atoms with Crippen molar-refractivity contribution in [3.8, 4) is 0 Å². The Balaban J connectivity index is 1.95. The molecule has 2 N–H and O–H groups in total. The molecule has 1 aromatic heterocycles. The van der Waals surface area contributed by atoms with Gasteiger partial charge in [0.15, 0.2) is 0 Å². The number of aromatic nitrogens is 1. The number of ether oxygens (including phenoxy) is 1. The molecule has 3 nitrogen and oxygen atoms in total. The summed E-state index contributed by atoms with van der Waals surface area (Å²) in [4.78, 5) is 4.02. The van der Waals surface area contributed by atoms with Gasteiger partial charge in [0.1, 0.15) is 0 Å². The molecule has 1 saturated heterocycles. The van der Waals surface area contributed by atoms with Gasteiger partial charge < -0.3 is 10.5 Å². The van der Waals surface area contributed by atoms with E-state index >= 15 is 0 Å². The van der Waals surface area contributed by atoms with E-state index in [1.165, 1.54) is 5.56 Å². The highest BCUT2D eigenvalue weighted by Crippen LogP contribution is 2.26. The Morgan fingerprint density at radius 1 is 1.50 bits per heavy atom. The Hall–Kier alpha value is -0.930. The van der Waals surface area contributed by atoms with Crippen molar-refractivity contribution in [1.29, 1.82) is 0 Å². The first-order valence-electron chi connectivity index (χ1n) is 6.07. The summed E-state index contributed by atoms with van der Waals surface area (Å²) in [6, 6.07) is 4.28. The molecule has 1 aromatic rings. The van der Waals surface area contributed by atoms with Crippen LogP contribution >= 0.6 is 0 Å². The van der Waals surface area contributed by atoms with Gasteiger partial charge in [-0.25, -0.2) is 0 Å². The fourth-order valence-electron chi connectivity index (χ4n) is 2.52. The number of hydrogen-bond acceptors (Lipinski definition) is 3. The molecule has 3 unspecified atom stereocenters. The predicted octanol–water partition coefficient (Wildman–Crippen LogP) is 1.77. The summed E-state index contributed by atoms with van der Waals surface area (Å²) in [7, 11) is 0. The fraction of sp³-hybridized carbons (Fsp3) is 0.615. The highest BCUT2D eigenvalue weighted by atomic mass is 16.5. The third-order valence-corrected chi connectivity index (χ3v) is 3.43. The third-order valence-electron chi connectivity index (χ3n) is 3.43. The maximum atomic E-state index is 6.28. The molecule has 0 spiro atoms. The SMILES string of the molecule is CCC1OCCC1C(N)Cc1ccncc1. The van der Waals surface area contributed by atoms with E-state index < -0.39 is 0 Å². The molecule has 0 saturated carbocycles. The first-order chi connectivity index (χ1) is 7.81. The normalized spacial score (nSPS) is 26.9. The summed E-state index contributed by atoms with van der Waals surface area (Å²) in [6.45, 7) is 3.04. The van der Waals surface area contributed by atoms with Crippen molar-refractivity contribution in [3.63, 3.8) is 0 Å². The maximum absolute atomic E-state index is 6.28. The van der Waals surface area contributed by atoms with Gasteiger partial charge in [-0.15, -0.1) is 0 Å². The second-order valence-corrected chi connectivity index (χ2v) is 4.49. The van der Waals surface area contributed by atoms with E-state index in [0.29, 0.717) is 12.0 Å². The van der Waals surface area contributed by atoms with E-state index in [-0.39, 0.29) is 6.04 Å². The van der Waals surface area contributed by atoms with Crippen molar-refractivity contribution in [2.75, 3.05) is 6.61 Å². The van der Waals surface area contributed by atoms with Gasteiger partial charge in [0.05, 0.1) is 6.10 Å². The van der Waals surface area contributed by atoms with Gasteiger partial charge in [0.25, 0.3) is 0 Å². The second-order valence-electron chi connectivity index (χ2n) is 4.49. The molecule has 2 heterocycles. The number of nitrogens with zero attached hydrogens (tertiary/aromatic N) is 1. The van der Waals surface area contributed by atoms with E-state index in [1.54, 1.807) is 0 Å². The van der Waals surface area contributed by atoms with E-state index in [0.717, 1.165) is 25.9 Å². The summed E-state index contributed by atoms with van der Waals surface area (Å²) in [5.74, 6) is 0.512. The van der Waals surface area contributed by atoms with Crippen LogP contribution in [0.25, 0.3) is 0 Å². The van der Waals surface area contributed by atoms with Crippen molar-refractivity contribution in [1.82, 2.24) is 4.98 Å². The minimum absolute atomic E-state index is 0.204. The van der Waals surface area contributed by atoms with Crippen molar-refractivity contribution in [2.45, 2.75) is 38.3 Å². The number of pyridine rings is 1. The van der Waals surface area contributed by atoms with Crippen LogP contribution in [-0.4, -0.2) is 23.7 Å². The molecule has 0 aliphatic carbocycles. The molecule has 0 bridgehead atoms.